The number of nitrogens with one attached hydrogen (secondary N) is 2. The normalized spacial score (nSPS) is 11.7. The third-order valence-corrected chi connectivity index (χ3v) is 3.28. The number of para-hydroxylation sites is 1. The van der Waals surface area contributed by atoms with Crippen molar-refractivity contribution in [3.05, 3.63) is 30.3 Å². The summed E-state index contributed by atoms with van der Waals surface area (Å²) in [6.45, 7) is 6.71. The molecule has 0 unspecified atom stereocenters. The second kappa shape index (κ2) is 8.02. The van der Waals surface area contributed by atoms with Crippen molar-refractivity contribution in [3.63, 3.8) is 0 Å². The minimum atomic E-state index is -0.412. The van der Waals surface area contributed by atoms with Crippen LogP contribution < -0.4 is 10.6 Å². The quantitative estimate of drug-likeness (QED) is 0.716. The third kappa shape index (κ3) is 5.72. The first-order chi connectivity index (χ1) is 9.45. The first-order valence-corrected chi connectivity index (χ1v) is 7.15. The Morgan fingerprint density at radius 1 is 1.25 bits per heavy atom. The Kier molecular flexibility index (Phi) is 6.68. The summed E-state index contributed by atoms with van der Waals surface area (Å²) in [5, 5.41) is 6.11. The molecule has 0 saturated carbocycles. The number of nitrogens with zero attached hydrogens (tertiary/aromatic N) is 1. The van der Waals surface area contributed by atoms with E-state index in [4.69, 9.17) is 0 Å². The molecule has 0 bridgehead atoms. The highest BCUT2D eigenvalue weighted by Crippen LogP contribution is 2.19. The Labute approximate surface area is 122 Å². The molecular weight excluding hydrogens is 250 g/mol. The van der Waals surface area contributed by atoms with Crippen LogP contribution in [0.25, 0.3) is 0 Å². The Morgan fingerprint density at radius 2 is 1.90 bits per heavy atom. The zero-order chi connectivity index (χ0) is 15.0. The molecule has 1 amide bonds. The summed E-state index contributed by atoms with van der Waals surface area (Å²) in [7, 11) is 4.02. The largest absolute Gasteiger partial charge is 0.326 e. The lowest BCUT2D eigenvalue weighted by molar-refractivity contribution is -0.124. The van der Waals surface area contributed by atoms with Crippen LogP contribution in [-0.2, 0) is 4.79 Å². The molecule has 1 rings (SSSR count). The van der Waals surface area contributed by atoms with E-state index < -0.39 is 5.41 Å². The van der Waals surface area contributed by atoms with Gasteiger partial charge in [-0.15, -0.1) is 0 Å². The summed E-state index contributed by atoms with van der Waals surface area (Å²) < 4.78 is 0. The average molecular weight is 277 g/mol. The van der Waals surface area contributed by atoms with Gasteiger partial charge in [0.2, 0.25) is 5.91 Å². The number of hydrogen-bond acceptors (Lipinski definition) is 3. The predicted molar refractivity (Wildman–Crippen MR) is 84.9 cm³/mol. The van der Waals surface area contributed by atoms with Gasteiger partial charge in [-0.2, -0.15) is 0 Å². The zero-order valence-corrected chi connectivity index (χ0v) is 13.1. The van der Waals surface area contributed by atoms with Crippen LogP contribution in [0, 0.1) is 5.41 Å². The third-order valence-electron chi connectivity index (χ3n) is 3.28. The van der Waals surface area contributed by atoms with Crippen LogP contribution >= 0.6 is 0 Å². The standard InChI is InChI=1S/C16H27N3O/c1-16(2,13-19(4)12-8-11-17-3)15(20)18-14-9-6-5-7-10-14/h5-7,9-10,17H,8,11-13H2,1-4H3,(H,18,20). The highest BCUT2D eigenvalue weighted by molar-refractivity contribution is 5.94. The first-order valence-electron chi connectivity index (χ1n) is 7.15. The van der Waals surface area contributed by atoms with E-state index in [1.807, 2.05) is 51.2 Å². The number of amides is 1. The summed E-state index contributed by atoms with van der Waals surface area (Å²) in [6, 6.07) is 9.60. The molecule has 0 aromatic heterocycles. The smallest absolute Gasteiger partial charge is 0.231 e. The monoisotopic (exact) mass is 277 g/mol. The van der Waals surface area contributed by atoms with Crippen LogP contribution in [0.4, 0.5) is 5.69 Å². The average Bonchev–Trinajstić information content (AvgIpc) is 2.39. The fourth-order valence-electron chi connectivity index (χ4n) is 2.17. The molecule has 1 aromatic rings. The van der Waals surface area contributed by atoms with Crippen LogP contribution in [0.1, 0.15) is 20.3 Å². The molecule has 0 heterocycles. The van der Waals surface area contributed by atoms with Gasteiger partial charge in [-0.3, -0.25) is 4.79 Å². The van der Waals surface area contributed by atoms with E-state index in [1.165, 1.54) is 0 Å². The highest BCUT2D eigenvalue weighted by atomic mass is 16.2. The summed E-state index contributed by atoms with van der Waals surface area (Å²) in [5.41, 5.74) is 0.438. The van der Waals surface area contributed by atoms with Crippen molar-refractivity contribution in [2.45, 2.75) is 20.3 Å². The molecule has 0 fully saturated rings. The molecule has 0 aliphatic rings. The second-order valence-corrected chi connectivity index (χ2v) is 5.90. The van der Waals surface area contributed by atoms with Crippen molar-refractivity contribution >= 4 is 11.6 Å². The van der Waals surface area contributed by atoms with Gasteiger partial charge in [0.15, 0.2) is 0 Å². The minimum absolute atomic E-state index is 0.0594. The maximum atomic E-state index is 12.3. The van der Waals surface area contributed by atoms with Gasteiger partial charge in [-0.25, -0.2) is 0 Å². The molecule has 4 heteroatoms. The molecule has 20 heavy (non-hydrogen) atoms. The van der Waals surface area contributed by atoms with E-state index >= 15 is 0 Å². The van der Waals surface area contributed by atoms with Gasteiger partial charge >= 0.3 is 0 Å². The van der Waals surface area contributed by atoms with Gasteiger partial charge in [-0.1, -0.05) is 18.2 Å². The van der Waals surface area contributed by atoms with Crippen LogP contribution in [0.5, 0.6) is 0 Å². The first kappa shape index (κ1) is 16.7. The number of hydrogen-bond donors (Lipinski definition) is 2. The molecule has 0 spiro atoms. The summed E-state index contributed by atoms with van der Waals surface area (Å²) in [6.07, 6.45) is 1.09. The van der Waals surface area contributed by atoms with E-state index in [1.54, 1.807) is 0 Å². The molecule has 0 atom stereocenters. The summed E-state index contributed by atoms with van der Waals surface area (Å²) in [4.78, 5) is 14.6. The lowest BCUT2D eigenvalue weighted by Gasteiger charge is -2.29. The zero-order valence-electron chi connectivity index (χ0n) is 13.1. The molecule has 112 valence electrons. The van der Waals surface area contributed by atoms with Crippen LogP contribution in [-0.4, -0.2) is 44.5 Å². The minimum Gasteiger partial charge on any atom is -0.326 e. The molecule has 0 radical (unpaired) electrons. The van der Waals surface area contributed by atoms with E-state index in [-0.39, 0.29) is 5.91 Å². The van der Waals surface area contributed by atoms with Gasteiger partial charge in [-0.05, 0) is 59.6 Å². The Bertz CT molecular complexity index is 403. The second-order valence-electron chi connectivity index (χ2n) is 5.90. The lowest BCUT2D eigenvalue weighted by Crippen LogP contribution is -2.41. The van der Waals surface area contributed by atoms with E-state index in [2.05, 4.69) is 22.6 Å². The van der Waals surface area contributed by atoms with E-state index in [0.29, 0.717) is 0 Å². The van der Waals surface area contributed by atoms with Gasteiger partial charge in [0, 0.05) is 12.2 Å². The van der Waals surface area contributed by atoms with E-state index in [9.17, 15) is 4.79 Å². The summed E-state index contributed by atoms with van der Waals surface area (Å²) in [5.74, 6) is 0.0594. The van der Waals surface area contributed by atoms with Gasteiger partial charge < -0.3 is 15.5 Å². The molecule has 0 saturated heterocycles. The topological polar surface area (TPSA) is 44.4 Å². The lowest BCUT2D eigenvalue weighted by atomic mass is 9.91. The summed E-state index contributed by atoms with van der Waals surface area (Å²) >= 11 is 0. The van der Waals surface area contributed by atoms with Crippen LogP contribution in [0.3, 0.4) is 0 Å². The fourth-order valence-corrected chi connectivity index (χ4v) is 2.17. The number of rotatable bonds is 8. The van der Waals surface area contributed by atoms with Crippen LogP contribution in [0.2, 0.25) is 0 Å². The van der Waals surface area contributed by atoms with Crippen molar-refractivity contribution in [2.75, 3.05) is 39.0 Å². The van der Waals surface area contributed by atoms with E-state index in [0.717, 1.165) is 31.7 Å². The molecule has 0 aliphatic heterocycles. The van der Waals surface area contributed by atoms with Gasteiger partial charge in [0.05, 0.1) is 5.41 Å². The Hall–Kier alpha value is -1.39. The molecule has 2 N–H and O–H groups in total. The number of carbonyl (C=O) groups is 1. The van der Waals surface area contributed by atoms with Gasteiger partial charge in [0.1, 0.15) is 0 Å². The van der Waals surface area contributed by atoms with Crippen molar-refractivity contribution in [2.24, 2.45) is 5.41 Å². The molecule has 0 aliphatic carbocycles. The SMILES string of the molecule is CNCCCN(C)CC(C)(C)C(=O)Nc1ccccc1. The number of anilines is 1. The molecule has 4 nitrogen and oxygen atoms in total. The Morgan fingerprint density at radius 3 is 2.50 bits per heavy atom. The maximum absolute atomic E-state index is 12.3. The van der Waals surface area contributed by atoms with Crippen LogP contribution in [0.15, 0.2) is 30.3 Å². The van der Waals surface area contributed by atoms with Crippen molar-refractivity contribution in [1.82, 2.24) is 10.2 Å². The Balaban J connectivity index is 2.48. The van der Waals surface area contributed by atoms with Crippen molar-refractivity contribution < 1.29 is 4.79 Å². The van der Waals surface area contributed by atoms with Crippen molar-refractivity contribution in [1.29, 1.82) is 0 Å². The maximum Gasteiger partial charge on any atom is 0.231 e. The predicted octanol–water partition coefficient (Wildman–Crippen LogP) is 2.19. The fraction of sp³-hybridized carbons (Fsp3) is 0.562. The van der Waals surface area contributed by atoms with Crippen molar-refractivity contribution in [3.8, 4) is 0 Å². The molecule has 1 aromatic carbocycles. The highest BCUT2D eigenvalue weighted by Gasteiger charge is 2.28. The number of benzene rings is 1. The number of carbonyl (C=O) groups excluding carboxylic acids is 1. The molecular formula is C16H27N3O. The van der Waals surface area contributed by atoms with Gasteiger partial charge in [0.25, 0.3) is 0 Å².